The summed E-state index contributed by atoms with van der Waals surface area (Å²) in [6.45, 7) is 22.3. The van der Waals surface area contributed by atoms with Crippen molar-refractivity contribution in [1.82, 2.24) is 84.8 Å². The second-order valence-electron chi connectivity index (χ2n) is 31.3. The Morgan fingerprint density at radius 2 is 0.786 bits per heavy atom. The molecule has 0 saturated heterocycles. The van der Waals surface area contributed by atoms with Crippen LogP contribution in [0.3, 0.4) is 0 Å². The van der Waals surface area contributed by atoms with Gasteiger partial charge in [-0.15, -0.1) is 0 Å². The van der Waals surface area contributed by atoms with E-state index in [2.05, 4.69) is 81.1 Å². The number of aromatic nitrogens is 13. The molecule has 612 valence electrons. The van der Waals surface area contributed by atoms with Crippen LogP contribution in [0, 0.1) is 29.1 Å². The zero-order valence-corrected chi connectivity index (χ0v) is 68.2. The molecule has 0 radical (unpaired) electrons. The summed E-state index contributed by atoms with van der Waals surface area (Å²) >= 11 is 17.9. The van der Waals surface area contributed by atoms with Crippen molar-refractivity contribution in [3.63, 3.8) is 0 Å². The lowest BCUT2D eigenvalue weighted by atomic mass is 10.0. The van der Waals surface area contributed by atoms with Gasteiger partial charge in [0.05, 0.1) is 54.8 Å². The molecule has 12 aromatic rings. The minimum absolute atomic E-state index is 0.0924. The Bertz CT molecular complexity index is 5660. The summed E-state index contributed by atoms with van der Waals surface area (Å²) in [5.74, 6) is 1.16. The van der Waals surface area contributed by atoms with Gasteiger partial charge in [-0.2, -0.15) is 0 Å². The average Bonchev–Trinajstić information content (AvgIpc) is 1.57. The largest absolute Gasteiger partial charge is 0.444 e. The normalized spacial score (nSPS) is 13.8. The van der Waals surface area contributed by atoms with Crippen LogP contribution in [0.1, 0.15) is 124 Å². The van der Waals surface area contributed by atoms with Crippen LogP contribution in [-0.4, -0.2) is 160 Å². The molecule has 16 rings (SSSR count). The number of carbonyl (C=O) groups is 3. The van der Waals surface area contributed by atoms with Crippen LogP contribution in [0.15, 0.2) is 110 Å². The summed E-state index contributed by atoms with van der Waals surface area (Å²) in [5.41, 5.74) is 11.7. The Balaban J connectivity index is 0.000000138. The molecule has 4 aliphatic heterocycles. The van der Waals surface area contributed by atoms with Gasteiger partial charge in [0.1, 0.15) is 68.5 Å². The fraction of sp³-hybridized carbons (Fsp3) is 0.361. The number of anilines is 3. The van der Waals surface area contributed by atoms with Crippen LogP contribution in [0.4, 0.5) is 53.8 Å². The van der Waals surface area contributed by atoms with Gasteiger partial charge in [-0.1, -0.05) is 11.6 Å². The van der Waals surface area contributed by atoms with Gasteiger partial charge < -0.3 is 65.1 Å². The predicted octanol–water partition coefficient (Wildman–Crippen LogP) is 16.6. The summed E-state index contributed by atoms with van der Waals surface area (Å²) in [5, 5.41) is 17.1. The molecule has 13 heterocycles. The van der Waals surface area contributed by atoms with E-state index in [1.165, 1.54) is 54.7 Å². The molecule has 0 atom stereocenters. The van der Waals surface area contributed by atoms with Crippen LogP contribution >= 0.6 is 34.8 Å². The van der Waals surface area contributed by atoms with Gasteiger partial charge in [0.2, 0.25) is 10.6 Å². The summed E-state index contributed by atoms with van der Waals surface area (Å²) in [4.78, 5) is 94.5. The molecule has 3 aromatic carbocycles. The summed E-state index contributed by atoms with van der Waals surface area (Å²) in [6.07, 6.45) is 14.7. The van der Waals surface area contributed by atoms with Crippen molar-refractivity contribution in [2.75, 3.05) is 61.8 Å². The van der Waals surface area contributed by atoms with Gasteiger partial charge in [-0.25, -0.2) is 76.2 Å². The lowest BCUT2D eigenvalue weighted by Crippen LogP contribution is -2.40. The van der Waals surface area contributed by atoms with Crippen LogP contribution in [0.25, 0.3) is 55.5 Å². The number of hydrogen-bond donors (Lipinski definition) is 7. The number of aromatic amines is 3. The minimum Gasteiger partial charge on any atom is -0.444 e. The van der Waals surface area contributed by atoms with Gasteiger partial charge >= 0.3 is 18.3 Å². The van der Waals surface area contributed by atoms with Crippen molar-refractivity contribution in [2.45, 2.75) is 150 Å². The quantitative estimate of drug-likeness (QED) is 0.0230. The molecule has 9 aromatic heterocycles. The highest BCUT2D eigenvalue weighted by Gasteiger charge is 2.33. The molecule has 4 aliphatic rings. The van der Waals surface area contributed by atoms with Crippen molar-refractivity contribution >= 4 is 103 Å². The maximum absolute atomic E-state index is 13.9. The third-order valence-electron chi connectivity index (χ3n) is 19.2. The standard InChI is InChI=1S/C27H28F2N6O2.C22H25ClFN5O2.C22H20F2N6.C12H15Cl2N3O2/c1-27(2,3)37-26(36)35-9-7-21-23(15-35)33-24(17-10-19(29)14-30-12-17)34-25(21)31-8-6-16-13-32-22-11-18(28)4-5-20(16)22;1-22(2,3)31-21(30)29-9-7-16-18(12-29)27-20(23)28-19(16)25-8-6-13-11-26-17-10-14(24)4-5-15(13)17;23-15-1-2-17-13(10-28-19(17)8-15)3-6-27-22-18-4-5-25-12-20(18)29-21(30-22)14-7-16(24)11-26-9-14;1-12(2,3)19-11(18)17-5-4-7-8(6-17)15-10(14)16-9(7)13/h4-5,10-14,32H,6-9,15H2,1-3H3,(H,31,33,34);4-5,10-11,26H,6-9,12H2,1-3H3,(H,25,27,28);1-2,7-11,25,28H,3-6,12H2,(H,27,29,30);4-6H2,1-3H3. The van der Waals surface area contributed by atoms with Crippen LogP contribution in [-0.2, 0) is 85.3 Å². The zero-order valence-electron chi connectivity index (χ0n) is 65.9. The summed E-state index contributed by atoms with van der Waals surface area (Å²) < 4.78 is 84.2. The van der Waals surface area contributed by atoms with Crippen molar-refractivity contribution in [3.8, 4) is 22.8 Å². The number of benzene rings is 3. The van der Waals surface area contributed by atoms with Gasteiger partial charge in [-0.3, -0.25) is 9.97 Å². The maximum atomic E-state index is 13.9. The molecule has 117 heavy (non-hydrogen) atoms. The van der Waals surface area contributed by atoms with E-state index in [0.29, 0.717) is 136 Å². The number of fused-ring (bicyclic) bond motifs is 7. The molecule has 0 fully saturated rings. The maximum Gasteiger partial charge on any atom is 0.410 e. The first-order valence-electron chi connectivity index (χ1n) is 38.2. The number of carbonyl (C=O) groups excluding carboxylic acids is 3. The first-order valence-corrected chi connectivity index (χ1v) is 39.3. The van der Waals surface area contributed by atoms with Crippen molar-refractivity contribution in [3.05, 3.63) is 217 Å². The van der Waals surface area contributed by atoms with E-state index in [1.807, 2.05) is 80.9 Å². The van der Waals surface area contributed by atoms with Crippen molar-refractivity contribution in [1.29, 1.82) is 0 Å². The van der Waals surface area contributed by atoms with E-state index in [4.69, 9.17) is 54.0 Å². The van der Waals surface area contributed by atoms with E-state index >= 15 is 0 Å². The number of H-pyrrole nitrogens is 3. The Labute approximate surface area is 686 Å². The van der Waals surface area contributed by atoms with E-state index in [-0.39, 0.29) is 46.8 Å². The zero-order chi connectivity index (χ0) is 83.0. The topological polar surface area (TPSA) is 313 Å². The molecule has 0 bridgehead atoms. The third-order valence-corrected chi connectivity index (χ3v) is 19.8. The highest BCUT2D eigenvalue weighted by molar-refractivity contribution is 6.32. The van der Waals surface area contributed by atoms with Gasteiger partial charge in [-0.05, 0) is 220 Å². The molecule has 3 amide bonds. The summed E-state index contributed by atoms with van der Waals surface area (Å²) in [6, 6.07) is 16.9. The second-order valence-corrected chi connectivity index (χ2v) is 32.4. The Kier molecular flexibility index (Phi) is 25.7. The molecular weight excluding hydrogens is 1570 g/mol. The Hall–Kier alpha value is -11.4. The molecular formula is C83H88Cl3F5N20O6. The third kappa shape index (κ3) is 21.6. The van der Waals surface area contributed by atoms with Crippen molar-refractivity contribution in [2.24, 2.45) is 0 Å². The van der Waals surface area contributed by atoms with E-state index < -0.39 is 34.5 Å². The smallest absolute Gasteiger partial charge is 0.410 e. The SMILES string of the molecule is CC(C)(C)OC(=O)N1CCc2c(Cl)nc(Cl)nc2C1.CC(C)(C)OC(=O)N1CCc2c(nc(-c3cncc(F)c3)nc2NCCc2c[nH]c3cc(F)ccc23)C1.CC(C)(C)OC(=O)N1CCc2c(nc(Cl)nc2NCCc2c[nH]c3cc(F)ccc23)C1.Fc1cncc(-c2nc3c(c(NCCc4c[nH]c5cc(F)ccc45)n2)CCNC3)c1. The lowest BCUT2D eigenvalue weighted by Gasteiger charge is -2.31. The minimum atomic E-state index is -0.609. The molecule has 7 N–H and O–H groups in total. The predicted molar refractivity (Wildman–Crippen MR) is 437 cm³/mol. The molecule has 26 nitrogen and oxygen atoms in total. The number of amides is 3. The van der Waals surface area contributed by atoms with Crippen LogP contribution < -0.4 is 21.3 Å². The average molecular weight is 1660 g/mol. The number of nitrogens with one attached hydrogen (secondary N) is 7. The molecule has 0 unspecified atom stereocenters. The van der Waals surface area contributed by atoms with Crippen LogP contribution in [0.5, 0.6) is 0 Å². The first-order chi connectivity index (χ1) is 55.8. The second kappa shape index (κ2) is 36.0. The number of halogens is 8. The molecule has 34 heteroatoms. The van der Waals surface area contributed by atoms with E-state index in [0.717, 1.165) is 127 Å². The highest BCUT2D eigenvalue weighted by atomic mass is 35.5. The van der Waals surface area contributed by atoms with Crippen molar-refractivity contribution < 1.29 is 50.5 Å². The Morgan fingerprint density at radius 1 is 0.427 bits per heavy atom. The highest BCUT2D eigenvalue weighted by Crippen LogP contribution is 2.34. The van der Waals surface area contributed by atoms with E-state index in [1.54, 1.807) is 39.1 Å². The van der Waals surface area contributed by atoms with Gasteiger partial charge in [0, 0.05) is 143 Å². The molecule has 0 spiro atoms. The van der Waals surface area contributed by atoms with Gasteiger partial charge in [0.15, 0.2) is 11.6 Å². The fourth-order valence-electron chi connectivity index (χ4n) is 13.8. The first kappa shape index (κ1) is 83.5. The number of rotatable bonds is 14. The number of nitrogens with zero attached hydrogens (tertiary/aromatic N) is 13. The number of hydrogen-bond acceptors (Lipinski definition) is 20. The monoisotopic (exact) mass is 1660 g/mol. The molecule has 0 saturated carbocycles. The summed E-state index contributed by atoms with van der Waals surface area (Å²) in [7, 11) is 0. The van der Waals surface area contributed by atoms with E-state index in [9.17, 15) is 36.3 Å². The van der Waals surface area contributed by atoms with Gasteiger partial charge in [0.25, 0.3) is 0 Å². The number of pyridine rings is 2. The van der Waals surface area contributed by atoms with Crippen LogP contribution in [0.2, 0.25) is 15.7 Å². The fourth-order valence-corrected chi connectivity index (χ4v) is 14.5. The number of ether oxygens (including phenoxy) is 3. The molecule has 0 aliphatic carbocycles. The Morgan fingerprint density at radius 3 is 1.19 bits per heavy atom. The lowest BCUT2D eigenvalue weighted by molar-refractivity contribution is 0.0211.